The van der Waals surface area contributed by atoms with E-state index in [1.54, 1.807) is 0 Å². The average Bonchev–Trinajstić information content (AvgIpc) is 3.22. The fourth-order valence-corrected chi connectivity index (χ4v) is 4.44. The monoisotopic (exact) mass is 465 g/mol. The molecule has 4 rings (SSSR count). The lowest BCUT2D eigenvalue weighted by molar-refractivity contribution is -0.125. The number of benzene rings is 1. The number of piperidine rings is 1. The second-order valence-electron chi connectivity index (χ2n) is 8.67. The number of fused-ring (bicyclic) bond motifs is 1. The van der Waals surface area contributed by atoms with Gasteiger partial charge in [0.25, 0.3) is 0 Å². The molecule has 184 valence electrons. The Hall–Kier alpha value is -3.00. The lowest BCUT2D eigenvalue weighted by Gasteiger charge is -2.32. The van der Waals surface area contributed by atoms with Crippen molar-refractivity contribution in [2.24, 2.45) is 5.92 Å². The van der Waals surface area contributed by atoms with Crippen LogP contribution in [0.1, 0.15) is 50.1 Å². The highest BCUT2D eigenvalue weighted by molar-refractivity contribution is 5.92. The molecule has 0 unspecified atom stereocenters. The zero-order valence-electron chi connectivity index (χ0n) is 21.5. The van der Waals surface area contributed by atoms with Crippen LogP contribution in [0.2, 0.25) is 0 Å². The number of carbonyl (C=O) groups excluding carboxylic acids is 1. The first-order valence-electron chi connectivity index (χ1n) is 12.5. The van der Waals surface area contributed by atoms with E-state index in [9.17, 15) is 4.79 Å². The van der Waals surface area contributed by atoms with Crippen LogP contribution in [0.4, 0.5) is 5.82 Å². The second kappa shape index (κ2) is 11.9. The molecule has 0 radical (unpaired) electrons. The highest BCUT2D eigenvalue weighted by Crippen LogP contribution is 2.31. The van der Waals surface area contributed by atoms with E-state index in [1.165, 1.54) is 5.56 Å². The van der Waals surface area contributed by atoms with Gasteiger partial charge in [-0.3, -0.25) is 4.79 Å². The maximum atomic E-state index is 12.5. The van der Waals surface area contributed by atoms with Crippen LogP contribution < -0.4 is 15.5 Å². The molecule has 0 aliphatic carbocycles. The van der Waals surface area contributed by atoms with E-state index in [0.29, 0.717) is 0 Å². The molecule has 8 nitrogen and oxygen atoms in total. The number of hydrogen-bond acceptors (Lipinski definition) is 6. The standard InChI is InChI=1S/C24H33N7O.C2H6/c1-16-6-8-20(9-7-16)31-18(3)21-17(2)27-28-23(22(21)29-31)30-14-10-19(11-15-30)24(32)26-13-5-12-25-4;1-2/h6-9,19,25H,5,10-15H2,1-4H3,(H,26,32);1-2H3. The second-order valence-corrected chi connectivity index (χ2v) is 8.67. The summed E-state index contributed by atoms with van der Waals surface area (Å²) in [5.74, 6) is 1.04. The molecule has 8 heteroatoms. The lowest BCUT2D eigenvalue weighted by Crippen LogP contribution is -2.41. The van der Waals surface area contributed by atoms with E-state index in [-0.39, 0.29) is 11.8 Å². The summed E-state index contributed by atoms with van der Waals surface area (Å²) in [5, 5.41) is 21.1. The molecule has 1 saturated heterocycles. The number of aryl methyl sites for hydroxylation is 3. The van der Waals surface area contributed by atoms with Crippen LogP contribution >= 0.6 is 0 Å². The molecule has 1 aromatic carbocycles. The van der Waals surface area contributed by atoms with Crippen molar-refractivity contribution in [1.82, 2.24) is 30.6 Å². The number of rotatable bonds is 7. The van der Waals surface area contributed by atoms with Crippen LogP contribution in [-0.2, 0) is 4.79 Å². The molecule has 0 spiro atoms. The highest BCUT2D eigenvalue weighted by atomic mass is 16.1. The van der Waals surface area contributed by atoms with Gasteiger partial charge in [0.15, 0.2) is 5.82 Å². The summed E-state index contributed by atoms with van der Waals surface area (Å²) in [5.41, 5.74) is 5.08. The number of nitrogens with one attached hydrogen (secondary N) is 2. The Morgan fingerprint density at radius 1 is 1.03 bits per heavy atom. The van der Waals surface area contributed by atoms with Gasteiger partial charge in [0, 0.05) is 25.6 Å². The van der Waals surface area contributed by atoms with Crippen molar-refractivity contribution < 1.29 is 4.79 Å². The lowest BCUT2D eigenvalue weighted by atomic mass is 9.95. The van der Waals surface area contributed by atoms with E-state index in [1.807, 2.05) is 32.5 Å². The largest absolute Gasteiger partial charge is 0.356 e. The summed E-state index contributed by atoms with van der Waals surface area (Å²) >= 11 is 0. The predicted octanol–water partition coefficient (Wildman–Crippen LogP) is 3.71. The molecule has 3 heterocycles. The summed E-state index contributed by atoms with van der Waals surface area (Å²) in [6.45, 7) is 13.3. The van der Waals surface area contributed by atoms with Crippen LogP contribution in [0.25, 0.3) is 16.6 Å². The van der Waals surface area contributed by atoms with Crippen LogP contribution in [0.5, 0.6) is 0 Å². The van der Waals surface area contributed by atoms with Crippen LogP contribution in [0.3, 0.4) is 0 Å². The van der Waals surface area contributed by atoms with Gasteiger partial charge in [-0.1, -0.05) is 31.5 Å². The molecular formula is C26H39N7O. The Kier molecular flexibility index (Phi) is 8.98. The van der Waals surface area contributed by atoms with Crippen molar-refractivity contribution in [2.75, 3.05) is 38.1 Å². The zero-order chi connectivity index (χ0) is 24.7. The van der Waals surface area contributed by atoms with Gasteiger partial charge in [0.05, 0.1) is 22.5 Å². The third-order valence-corrected chi connectivity index (χ3v) is 6.33. The molecular weight excluding hydrogens is 426 g/mol. The van der Waals surface area contributed by atoms with Crippen LogP contribution in [0, 0.1) is 26.7 Å². The number of hydrogen-bond donors (Lipinski definition) is 2. The first kappa shape index (κ1) is 25.6. The van der Waals surface area contributed by atoms with Crippen molar-refractivity contribution in [3.05, 3.63) is 41.2 Å². The van der Waals surface area contributed by atoms with Gasteiger partial charge in [-0.2, -0.15) is 10.2 Å². The molecule has 0 saturated carbocycles. The quantitative estimate of drug-likeness (QED) is 0.517. The van der Waals surface area contributed by atoms with E-state index in [4.69, 9.17) is 5.10 Å². The molecule has 0 bridgehead atoms. The van der Waals surface area contributed by atoms with Gasteiger partial charge in [-0.15, -0.1) is 5.10 Å². The summed E-state index contributed by atoms with van der Waals surface area (Å²) in [7, 11) is 1.92. The van der Waals surface area contributed by atoms with Gasteiger partial charge < -0.3 is 15.5 Å². The zero-order valence-corrected chi connectivity index (χ0v) is 21.5. The molecule has 2 N–H and O–H groups in total. The average molecular weight is 466 g/mol. The number of nitrogens with zero attached hydrogens (tertiary/aromatic N) is 5. The highest BCUT2D eigenvalue weighted by Gasteiger charge is 2.28. The summed E-state index contributed by atoms with van der Waals surface area (Å²) in [4.78, 5) is 14.7. The van der Waals surface area contributed by atoms with E-state index in [2.05, 4.69) is 63.8 Å². The maximum absolute atomic E-state index is 12.5. The molecule has 1 amide bonds. The first-order chi connectivity index (χ1) is 16.5. The Morgan fingerprint density at radius 3 is 2.35 bits per heavy atom. The normalized spacial score (nSPS) is 14.1. The fraction of sp³-hybridized carbons (Fsp3) is 0.538. The molecule has 3 aromatic rings. The number of amides is 1. The summed E-state index contributed by atoms with van der Waals surface area (Å²) in [6, 6.07) is 8.37. The number of carbonyl (C=O) groups is 1. The third kappa shape index (κ3) is 5.55. The van der Waals surface area contributed by atoms with E-state index >= 15 is 0 Å². The van der Waals surface area contributed by atoms with Crippen LogP contribution in [-0.4, -0.2) is 59.1 Å². The Bertz CT molecular complexity index is 1080. The molecule has 1 aliphatic heterocycles. The van der Waals surface area contributed by atoms with Gasteiger partial charge in [-0.25, -0.2) is 4.68 Å². The Balaban J connectivity index is 0.00000158. The maximum Gasteiger partial charge on any atom is 0.223 e. The SMILES string of the molecule is CC.CNCCCNC(=O)C1CCN(c2nnc(C)c3c(C)n(-c4ccc(C)cc4)nc23)CC1. The first-order valence-corrected chi connectivity index (χ1v) is 12.5. The third-order valence-electron chi connectivity index (χ3n) is 6.33. The topological polar surface area (TPSA) is 88.0 Å². The van der Waals surface area contributed by atoms with Gasteiger partial charge >= 0.3 is 0 Å². The Labute approximate surface area is 203 Å². The molecule has 2 aromatic heterocycles. The smallest absolute Gasteiger partial charge is 0.223 e. The van der Waals surface area contributed by atoms with E-state index in [0.717, 1.165) is 79.2 Å². The van der Waals surface area contributed by atoms with Crippen molar-refractivity contribution in [1.29, 1.82) is 0 Å². The van der Waals surface area contributed by atoms with Crippen molar-refractivity contribution in [2.45, 2.75) is 53.9 Å². The van der Waals surface area contributed by atoms with Crippen LogP contribution in [0.15, 0.2) is 24.3 Å². The van der Waals surface area contributed by atoms with Crippen molar-refractivity contribution in [3.8, 4) is 5.69 Å². The minimum atomic E-state index is 0.0570. The predicted molar refractivity (Wildman–Crippen MR) is 139 cm³/mol. The van der Waals surface area contributed by atoms with Crippen molar-refractivity contribution >= 4 is 22.6 Å². The molecule has 34 heavy (non-hydrogen) atoms. The van der Waals surface area contributed by atoms with Gasteiger partial charge in [0.2, 0.25) is 5.91 Å². The molecule has 1 aliphatic rings. The van der Waals surface area contributed by atoms with Gasteiger partial charge in [0.1, 0.15) is 5.52 Å². The number of aromatic nitrogens is 4. The fourth-order valence-electron chi connectivity index (χ4n) is 4.44. The van der Waals surface area contributed by atoms with Gasteiger partial charge in [-0.05, 0) is 65.8 Å². The minimum Gasteiger partial charge on any atom is -0.356 e. The molecule has 1 fully saturated rings. The summed E-state index contributed by atoms with van der Waals surface area (Å²) in [6.07, 6.45) is 2.57. The minimum absolute atomic E-state index is 0.0570. The Morgan fingerprint density at radius 2 is 1.71 bits per heavy atom. The van der Waals surface area contributed by atoms with Crippen molar-refractivity contribution in [3.63, 3.8) is 0 Å². The number of anilines is 1. The van der Waals surface area contributed by atoms with E-state index < -0.39 is 0 Å². The molecule has 0 atom stereocenters. The summed E-state index contributed by atoms with van der Waals surface area (Å²) < 4.78 is 1.98.